The lowest BCUT2D eigenvalue weighted by Gasteiger charge is -2.41. The highest BCUT2D eigenvalue weighted by Crippen LogP contribution is 2.41. The molecule has 2 fully saturated rings. The number of urea groups is 1. The third-order valence-corrected chi connectivity index (χ3v) is 8.46. The average molecular weight is 690 g/mol. The molecule has 0 radical (unpaired) electrons. The van der Waals surface area contributed by atoms with Crippen LogP contribution in [0.15, 0.2) is 101 Å². The number of carbonyl (C=O) groups excluding carboxylic acids is 4. The topological polar surface area (TPSA) is 226 Å². The van der Waals surface area contributed by atoms with E-state index in [0.717, 1.165) is 6.34 Å². The van der Waals surface area contributed by atoms with Crippen molar-refractivity contribution in [2.75, 3.05) is 13.2 Å². The summed E-state index contributed by atoms with van der Waals surface area (Å²) in [5.41, 5.74) is 6.14. The van der Waals surface area contributed by atoms with Crippen molar-refractivity contribution in [2.45, 2.75) is 49.1 Å². The third kappa shape index (κ3) is 6.62. The Kier molecular flexibility index (Phi) is 10.1. The van der Waals surface area contributed by atoms with Gasteiger partial charge >= 0.3 is 23.9 Å². The number of nitrogens with two attached hydrogens (primary N) is 1. The standard InChI is InChI=1S/C34H32N4O12/c35-33-36-18-38(34(45)37-33,28-25(41)24(40)22(16-39)47-28)29-27(50-32(44)21-14-8-3-9-15-21)26(49-31(43)20-12-6-2-7-13-20)23(48-29)17-46-30(42)19-10-4-1-5-11-19/h1-15,18,22-29,39-41H,16-17H2,(H-,35,37,45)/p+1/t22-,23+,24-,25-,26+,27+,28-,29+,38?/m1/s1. The van der Waals surface area contributed by atoms with Crippen molar-refractivity contribution < 1.29 is 62.7 Å². The molecular formula is C34H33N4O12+. The number of aliphatic hydroxyl groups is 3. The molecule has 0 spiro atoms. The zero-order valence-electron chi connectivity index (χ0n) is 26.2. The van der Waals surface area contributed by atoms with E-state index in [2.05, 4.69) is 9.98 Å². The second-order valence-electron chi connectivity index (χ2n) is 11.6. The van der Waals surface area contributed by atoms with Gasteiger partial charge in [-0.1, -0.05) is 54.6 Å². The fourth-order valence-electron chi connectivity index (χ4n) is 5.95. The maximum atomic E-state index is 14.0. The number of esters is 3. The number of quaternary nitrogens is 1. The summed E-state index contributed by atoms with van der Waals surface area (Å²) in [6.07, 6.45) is -12.2. The normalized spacial score (nSPS) is 30.4. The molecule has 50 heavy (non-hydrogen) atoms. The second-order valence-corrected chi connectivity index (χ2v) is 11.6. The smallest absolute Gasteiger partial charge is 0.456 e. The van der Waals surface area contributed by atoms with Gasteiger partial charge in [0.25, 0.3) is 6.23 Å². The molecule has 16 nitrogen and oxygen atoms in total. The zero-order chi connectivity index (χ0) is 35.4. The predicted molar refractivity (Wildman–Crippen MR) is 170 cm³/mol. The van der Waals surface area contributed by atoms with Crippen LogP contribution in [0.2, 0.25) is 0 Å². The summed E-state index contributed by atoms with van der Waals surface area (Å²) in [6.45, 7) is -1.33. The minimum atomic E-state index is -1.86. The molecule has 3 aromatic carbocycles. The van der Waals surface area contributed by atoms with Gasteiger partial charge in [-0.3, -0.25) is 0 Å². The number of benzene rings is 3. The molecule has 9 atom stereocenters. The van der Waals surface area contributed by atoms with E-state index in [1.807, 2.05) is 0 Å². The number of rotatable bonds is 10. The maximum absolute atomic E-state index is 14.0. The highest BCUT2D eigenvalue weighted by atomic mass is 16.7. The number of nitrogens with zero attached hydrogens (tertiary/aromatic N) is 3. The fourth-order valence-corrected chi connectivity index (χ4v) is 5.95. The number of guanidine groups is 1. The van der Waals surface area contributed by atoms with Crippen molar-refractivity contribution in [1.29, 1.82) is 0 Å². The molecule has 0 bridgehead atoms. The monoisotopic (exact) mass is 689 g/mol. The van der Waals surface area contributed by atoms with Crippen molar-refractivity contribution >= 4 is 36.2 Å². The van der Waals surface area contributed by atoms with Crippen LogP contribution < -0.4 is 5.73 Å². The molecule has 1 unspecified atom stereocenters. The van der Waals surface area contributed by atoms with Crippen LogP contribution in [-0.4, -0.2) is 118 Å². The van der Waals surface area contributed by atoms with Crippen LogP contribution in [0.1, 0.15) is 31.1 Å². The summed E-state index contributed by atoms with van der Waals surface area (Å²) in [6, 6.07) is 22.5. The number of aliphatic hydroxyl groups excluding tert-OH is 3. The van der Waals surface area contributed by atoms with E-state index in [1.165, 1.54) is 36.4 Å². The summed E-state index contributed by atoms with van der Waals surface area (Å²) in [5, 5.41) is 31.7. The number of ether oxygens (including phenoxy) is 5. The number of carbonyl (C=O) groups is 4. The van der Waals surface area contributed by atoms with Crippen molar-refractivity contribution in [2.24, 2.45) is 15.7 Å². The van der Waals surface area contributed by atoms with Crippen LogP contribution in [0, 0.1) is 0 Å². The molecule has 0 aromatic heterocycles. The highest BCUT2D eigenvalue weighted by molar-refractivity contribution is 5.98. The minimum Gasteiger partial charge on any atom is -0.459 e. The molecule has 3 heterocycles. The molecule has 260 valence electrons. The van der Waals surface area contributed by atoms with Crippen LogP contribution in [0.3, 0.4) is 0 Å². The second kappa shape index (κ2) is 14.6. The Bertz CT molecular complexity index is 1780. The van der Waals surface area contributed by atoms with E-state index in [0.29, 0.717) is 0 Å². The molecule has 16 heteroatoms. The molecule has 5 N–H and O–H groups in total. The quantitative estimate of drug-likeness (QED) is 0.131. The van der Waals surface area contributed by atoms with Gasteiger partial charge in [0.1, 0.15) is 24.9 Å². The first-order valence-electron chi connectivity index (χ1n) is 15.5. The van der Waals surface area contributed by atoms with Gasteiger partial charge in [0, 0.05) is 0 Å². The predicted octanol–water partition coefficient (Wildman–Crippen LogP) is 0.752. The van der Waals surface area contributed by atoms with E-state index >= 15 is 0 Å². The Hall–Kier alpha value is -5.36. The van der Waals surface area contributed by atoms with Gasteiger partial charge in [-0.05, 0) is 36.4 Å². The number of aliphatic imine (C=N–C) groups is 2. The molecule has 3 aliphatic rings. The van der Waals surface area contributed by atoms with E-state index in [4.69, 9.17) is 29.4 Å². The average Bonchev–Trinajstić information content (AvgIpc) is 3.63. The summed E-state index contributed by atoms with van der Waals surface area (Å²) < 4.78 is 28.3. The summed E-state index contributed by atoms with van der Waals surface area (Å²) in [4.78, 5) is 61.9. The van der Waals surface area contributed by atoms with Gasteiger partial charge in [0.2, 0.25) is 24.6 Å². The van der Waals surface area contributed by atoms with Crippen LogP contribution in [0.4, 0.5) is 4.79 Å². The summed E-state index contributed by atoms with van der Waals surface area (Å²) in [7, 11) is 0. The Morgan fingerprint density at radius 2 is 1.22 bits per heavy atom. The molecule has 6 rings (SSSR count). The Morgan fingerprint density at radius 3 is 1.72 bits per heavy atom. The van der Waals surface area contributed by atoms with Crippen molar-refractivity contribution in [1.82, 2.24) is 0 Å². The van der Waals surface area contributed by atoms with Crippen LogP contribution in [0.25, 0.3) is 0 Å². The fraction of sp³-hybridized carbons (Fsp3) is 0.294. The number of hydrogen-bond acceptors (Lipinski definition) is 14. The van der Waals surface area contributed by atoms with Crippen LogP contribution in [0.5, 0.6) is 0 Å². The molecule has 3 aliphatic heterocycles. The van der Waals surface area contributed by atoms with Crippen LogP contribution >= 0.6 is 0 Å². The van der Waals surface area contributed by atoms with Crippen molar-refractivity contribution in [3.63, 3.8) is 0 Å². The summed E-state index contributed by atoms with van der Waals surface area (Å²) in [5.74, 6) is -3.02. The molecular weight excluding hydrogens is 656 g/mol. The molecule has 2 amide bonds. The Labute approximate surface area is 284 Å². The lowest BCUT2D eigenvalue weighted by Crippen LogP contribution is -2.70. The van der Waals surface area contributed by atoms with E-state index in [-0.39, 0.29) is 16.7 Å². The molecule has 3 aromatic rings. The van der Waals surface area contributed by atoms with Gasteiger partial charge in [-0.25, -0.2) is 19.2 Å². The van der Waals surface area contributed by atoms with Crippen LogP contribution in [-0.2, 0) is 23.7 Å². The van der Waals surface area contributed by atoms with E-state index in [9.17, 15) is 34.5 Å². The molecule has 0 saturated carbocycles. The van der Waals surface area contributed by atoms with Crippen molar-refractivity contribution in [3.8, 4) is 0 Å². The van der Waals surface area contributed by atoms with E-state index in [1.54, 1.807) is 54.6 Å². The van der Waals surface area contributed by atoms with Gasteiger partial charge in [0.15, 0.2) is 12.2 Å². The zero-order valence-corrected chi connectivity index (χ0v) is 26.2. The van der Waals surface area contributed by atoms with Gasteiger partial charge in [-0.15, -0.1) is 9.48 Å². The van der Waals surface area contributed by atoms with Crippen molar-refractivity contribution in [3.05, 3.63) is 108 Å². The van der Waals surface area contributed by atoms with E-state index < -0.39 is 96.7 Å². The number of hydrogen-bond donors (Lipinski definition) is 4. The summed E-state index contributed by atoms with van der Waals surface area (Å²) >= 11 is 0. The molecule has 0 aliphatic carbocycles. The minimum absolute atomic E-state index is 0.0821. The Morgan fingerprint density at radius 1 is 0.720 bits per heavy atom. The van der Waals surface area contributed by atoms with Gasteiger partial charge < -0.3 is 44.7 Å². The first-order valence-corrected chi connectivity index (χ1v) is 15.5. The lowest BCUT2D eigenvalue weighted by atomic mass is 10.1. The first kappa shape index (κ1) is 34.5. The van der Waals surface area contributed by atoms with Gasteiger partial charge in [0.05, 0.1) is 23.3 Å². The largest absolute Gasteiger partial charge is 0.459 e. The molecule has 2 saturated heterocycles. The highest BCUT2D eigenvalue weighted by Gasteiger charge is 2.69. The first-order chi connectivity index (χ1) is 24.1. The lowest BCUT2D eigenvalue weighted by molar-refractivity contribution is -0.864. The maximum Gasteiger partial charge on any atom is 0.456 e. The SMILES string of the molecule is NC1=NC(=O)[N+]([C@@H]2O[C@H](CO)[C@@H](O)[C@H]2O)([C@H]2O[C@@H](COC(=O)c3ccccc3)[C@H](OC(=O)c3ccccc3)[C@@H]2OC(=O)c2ccccc2)C=N1. The Balaban J connectivity index is 1.45. The third-order valence-electron chi connectivity index (χ3n) is 8.46. The van der Waals surface area contributed by atoms with Gasteiger partial charge in [-0.2, -0.15) is 4.99 Å². The number of amides is 2.